The molecule has 10 heteroatoms. The Kier molecular flexibility index (Phi) is 11.2. The van der Waals surface area contributed by atoms with E-state index in [1.807, 2.05) is 65.0 Å². The van der Waals surface area contributed by atoms with E-state index in [0.29, 0.717) is 11.4 Å². The molecule has 0 unspecified atom stereocenters. The van der Waals surface area contributed by atoms with E-state index in [-0.39, 0.29) is 29.1 Å². The lowest BCUT2D eigenvalue weighted by Gasteiger charge is -2.33. The quantitative estimate of drug-likeness (QED) is 0.287. The first-order valence-electron chi connectivity index (χ1n) is 14.3. The molecule has 9 nitrogen and oxygen atoms in total. The van der Waals surface area contributed by atoms with Crippen molar-refractivity contribution < 1.29 is 27.5 Å². The number of aryl methyl sites for hydroxylation is 3. The summed E-state index contributed by atoms with van der Waals surface area (Å²) in [6, 6.07) is 16.4. The number of nitrogens with one attached hydrogen (secondary N) is 1. The topological polar surface area (TPSA) is 105 Å². The number of hydrogen-bond donors (Lipinski definition) is 1. The molecule has 0 aromatic heterocycles. The molecule has 0 fully saturated rings. The van der Waals surface area contributed by atoms with Gasteiger partial charge in [-0.25, -0.2) is 8.42 Å². The molecule has 2 amide bonds. The number of carbonyl (C=O) groups is 2. The summed E-state index contributed by atoms with van der Waals surface area (Å²) in [7, 11) is -1.38. The standard InChI is InChI=1S/C33H43N3O6S/c1-9-25(5)34-33(38)26(6)35(20-27-13-11-10-12-24(27)4)32(37)21-36(28-17-22(2)16-23(3)18-28)43(39,40)29-14-15-30(41-7)31(19-29)42-8/h10-19,25-26H,9,20-21H2,1-8H3,(H,34,38)/t25-,26+/m0/s1. The lowest BCUT2D eigenvalue weighted by molar-refractivity contribution is -0.139. The predicted octanol–water partition coefficient (Wildman–Crippen LogP) is 5.16. The maximum Gasteiger partial charge on any atom is 0.264 e. The summed E-state index contributed by atoms with van der Waals surface area (Å²) in [5.41, 5.74) is 3.84. The molecule has 3 aromatic rings. The Morgan fingerprint density at radius 2 is 1.51 bits per heavy atom. The molecular weight excluding hydrogens is 566 g/mol. The smallest absolute Gasteiger partial charge is 0.264 e. The fourth-order valence-corrected chi connectivity index (χ4v) is 6.16. The van der Waals surface area contributed by atoms with Crippen LogP contribution in [0.1, 0.15) is 49.4 Å². The largest absolute Gasteiger partial charge is 0.493 e. The molecule has 43 heavy (non-hydrogen) atoms. The second kappa shape index (κ2) is 14.4. The van der Waals surface area contributed by atoms with Gasteiger partial charge in [0.2, 0.25) is 11.8 Å². The van der Waals surface area contributed by atoms with Crippen LogP contribution in [-0.2, 0) is 26.2 Å². The van der Waals surface area contributed by atoms with Crippen LogP contribution in [0.15, 0.2) is 65.6 Å². The van der Waals surface area contributed by atoms with E-state index in [1.54, 1.807) is 19.1 Å². The van der Waals surface area contributed by atoms with Crippen LogP contribution in [0, 0.1) is 20.8 Å². The molecule has 0 radical (unpaired) electrons. The molecule has 1 N–H and O–H groups in total. The van der Waals surface area contributed by atoms with Crippen molar-refractivity contribution in [3.05, 3.63) is 82.9 Å². The van der Waals surface area contributed by atoms with Gasteiger partial charge in [0.1, 0.15) is 12.6 Å². The zero-order valence-electron chi connectivity index (χ0n) is 26.3. The van der Waals surface area contributed by atoms with E-state index in [2.05, 4.69) is 5.32 Å². The molecule has 0 aliphatic rings. The molecule has 0 bridgehead atoms. The average Bonchev–Trinajstić information content (AvgIpc) is 2.97. The molecule has 0 aliphatic heterocycles. The summed E-state index contributed by atoms with van der Waals surface area (Å²) >= 11 is 0. The van der Waals surface area contributed by atoms with Crippen LogP contribution in [0.3, 0.4) is 0 Å². The van der Waals surface area contributed by atoms with E-state index in [9.17, 15) is 18.0 Å². The Morgan fingerprint density at radius 3 is 2.09 bits per heavy atom. The Balaban J connectivity index is 2.12. The highest BCUT2D eigenvalue weighted by Gasteiger charge is 2.33. The first kappa shape index (κ1) is 33.5. The van der Waals surface area contributed by atoms with Crippen LogP contribution >= 0.6 is 0 Å². The summed E-state index contributed by atoms with van der Waals surface area (Å²) in [5.74, 6) is -0.205. The van der Waals surface area contributed by atoms with Crippen molar-refractivity contribution in [3.8, 4) is 11.5 Å². The van der Waals surface area contributed by atoms with Crippen LogP contribution in [0.2, 0.25) is 0 Å². The number of methoxy groups -OCH3 is 2. The SMILES string of the molecule is CC[C@H](C)NC(=O)[C@@H](C)N(Cc1ccccc1C)C(=O)CN(c1cc(C)cc(C)c1)S(=O)(=O)c1ccc(OC)c(OC)c1. The maximum absolute atomic E-state index is 14.3. The van der Waals surface area contributed by atoms with Crippen molar-refractivity contribution in [2.45, 2.75) is 71.5 Å². The Bertz CT molecular complexity index is 1540. The minimum absolute atomic E-state index is 0.0647. The minimum atomic E-state index is -4.27. The van der Waals surface area contributed by atoms with Crippen molar-refractivity contribution in [2.24, 2.45) is 0 Å². The molecule has 0 spiro atoms. The van der Waals surface area contributed by atoms with Gasteiger partial charge in [0.25, 0.3) is 10.0 Å². The number of rotatable bonds is 13. The molecule has 0 saturated heterocycles. The maximum atomic E-state index is 14.3. The molecule has 3 aromatic carbocycles. The fourth-order valence-electron chi connectivity index (χ4n) is 4.75. The van der Waals surface area contributed by atoms with Crippen LogP contribution in [0.5, 0.6) is 11.5 Å². The van der Waals surface area contributed by atoms with Crippen molar-refractivity contribution in [1.29, 1.82) is 0 Å². The van der Waals surface area contributed by atoms with Gasteiger partial charge >= 0.3 is 0 Å². The highest BCUT2D eigenvalue weighted by molar-refractivity contribution is 7.92. The second-order valence-electron chi connectivity index (χ2n) is 10.8. The van der Waals surface area contributed by atoms with Crippen LogP contribution in [0.4, 0.5) is 5.69 Å². The van der Waals surface area contributed by atoms with Gasteiger partial charge in [-0.3, -0.25) is 13.9 Å². The van der Waals surface area contributed by atoms with Crippen molar-refractivity contribution in [1.82, 2.24) is 10.2 Å². The van der Waals surface area contributed by atoms with Crippen molar-refractivity contribution in [2.75, 3.05) is 25.1 Å². The number of hydrogen-bond acceptors (Lipinski definition) is 6. The van der Waals surface area contributed by atoms with Crippen LogP contribution in [-0.4, -0.2) is 58.0 Å². The Morgan fingerprint density at radius 1 is 0.884 bits per heavy atom. The third kappa shape index (κ3) is 8.07. The molecule has 3 rings (SSSR count). The van der Waals surface area contributed by atoms with Crippen molar-refractivity contribution in [3.63, 3.8) is 0 Å². The molecule has 0 heterocycles. The summed E-state index contributed by atoms with van der Waals surface area (Å²) in [6.45, 7) is 10.8. The number of anilines is 1. The van der Waals surface area contributed by atoms with E-state index < -0.39 is 28.5 Å². The highest BCUT2D eigenvalue weighted by Crippen LogP contribution is 2.33. The number of amides is 2. The number of sulfonamides is 1. The molecule has 2 atom stereocenters. The van der Waals surface area contributed by atoms with Gasteiger partial charge < -0.3 is 19.7 Å². The fraction of sp³-hybridized carbons (Fsp3) is 0.394. The number of nitrogens with zero attached hydrogens (tertiary/aromatic N) is 2. The molecule has 0 aliphatic carbocycles. The van der Waals surface area contributed by atoms with Gasteiger partial charge in [-0.15, -0.1) is 0 Å². The van der Waals surface area contributed by atoms with Crippen LogP contribution in [0.25, 0.3) is 0 Å². The van der Waals surface area contributed by atoms with E-state index in [4.69, 9.17) is 9.47 Å². The monoisotopic (exact) mass is 609 g/mol. The second-order valence-corrected chi connectivity index (χ2v) is 12.7. The predicted molar refractivity (Wildman–Crippen MR) is 169 cm³/mol. The zero-order chi connectivity index (χ0) is 31.9. The van der Waals surface area contributed by atoms with Crippen molar-refractivity contribution >= 4 is 27.5 Å². The molecular formula is C33H43N3O6S. The Hall–Kier alpha value is -4.05. The first-order chi connectivity index (χ1) is 20.3. The normalized spacial score (nSPS) is 12.7. The summed E-state index contributed by atoms with van der Waals surface area (Å²) in [4.78, 5) is 28.9. The van der Waals surface area contributed by atoms with Crippen LogP contribution < -0.4 is 19.1 Å². The third-order valence-corrected chi connectivity index (χ3v) is 9.26. The number of ether oxygens (including phenoxy) is 2. The summed E-state index contributed by atoms with van der Waals surface area (Å²) in [6.07, 6.45) is 0.730. The average molecular weight is 610 g/mol. The summed E-state index contributed by atoms with van der Waals surface area (Å²) < 4.78 is 40.3. The third-order valence-electron chi connectivity index (χ3n) is 7.49. The van der Waals surface area contributed by atoms with Gasteiger partial charge in [-0.05, 0) is 87.6 Å². The van der Waals surface area contributed by atoms with E-state index in [0.717, 1.165) is 33.0 Å². The van der Waals surface area contributed by atoms with E-state index >= 15 is 0 Å². The van der Waals surface area contributed by atoms with Gasteiger partial charge in [-0.1, -0.05) is 37.3 Å². The highest BCUT2D eigenvalue weighted by atomic mass is 32.2. The molecule has 232 valence electrons. The number of carbonyl (C=O) groups excluding carboxylic acids is 2. The van der Waals surface area contributed by atoms with Gasteiger partial charge in [-0.2, -0.15) is 0 Å². The molecule has 0 saturated carbocycles. The first-order valence-corrected chi connectivity index (χ1v) is 15.7. The van der Waals surface area contributed by atoms with Gasteiger partial charge in [0, 0.05) is 18.7 Å². The van der Waals surface area contributed by atoms with Gasteiger partial charge in [0.15, 0.2) is 11.5 Å². The summed E-state index contributed by atoms with van der Waals surface area (Å²) in [5, 5.41) is 2.95. The van der Waals surface area contributed by atoms with Gasteiger partial charge in [0.05, 0.1) is 24.8 Å². The number of benzene rings is 3. The Labute approximate surface area is 255 Å². The lowest BCUT2D eigenvalue weighted by atomic mass is 10.1. The minimum Gasteiger partial charge on any atom is -0.493 e. The zero-order valence-corrected chi connectivity index (χ0v) is 27.1. The van der Waals surface area contributed by atoms with E-state index in [1.165, 1.54) is 37.3 Å². The lowest BCUT2D eigenvalue weighted by Crippen LogP contribution is -2.52.